The van der Waals surface area contributed by atoms with E-state index in [4.69, 9.17) is 0 Å². The van der Waals surface area contributed by atoms with Crippen molar-refractivity contribution in [1.29, 1.82) is 0 Å². The summed E-state index contributed by atoms with van der Waals surface area (Å²) >= 11 is 0. The first-order chi connectivity index (χ1) is 11.7. The smallest absolute Gasteiger partial charge is 0.257 e. The molecule has 2 heterocycles. The Hall–Kier alpha value is -1.89. The van der Waals surface area contributed by atoms with E-state index in [0.29, 0.717) is 23.0 Å². The summed E-state index contributed by atoms with van der Waals surface area (Å²) in [5.41, 5.74) is 0.769. The molecule has 1 fully saturated rings. The van der Waals surface area contributed by atoms with Crippen LogP contribution >= 0.6 is 24.8 Å². The molecule has 0 radical (unpaired) electrons. The number of carbonyl (C=O) groups is 1. The molecule has 26 heavy (non-hydrogen) atoms. The fraction of sp³-hybridized carbons (Fsp3) is 0.333. The first kappa shape index (κ1) is 22.2. The van der Waals surface area contributed by atoms with E-state index in [1.165, 1.54) is 6.07 Å². The number of anilines is 2. The van der Waals surface area contributed by atoms with Crippen LogP contribution < -0.4 is 10.6 Å². The summed E-state index contributed by atoms with van der Waals surface area (Å²) < 4.78 is 13.9. The van der Waals surface area contributed by atoms with Crippen molar-refractivity contribution in [3.63, 3.8) is 0 Å². The number of likely N-dealkylation sites (tertiary alicyclic amines) is 1. The highest BCUT2D eigenvalue weighted by Gasteiger charge is 2.28. The summed E-state index contributed by atoms with van der Waals surface area (Å²) in [4.78, 5) is 18.9. The van der Waals surface area contributed by atoms with Gasteiger partial charge >= 0.3 is 0 Å². The molecular formula is C18H23Cl2FN4O. The van der Waals surface area contributed by atoms with E-state index in [0.717, 1.165) is 26.1 Å². The average Bonchev–Trinajstić information content (AvgIpc) is 3.06. The van der Waals surface area contributed by atoms with Gasteiger partial charge in [-0.3, -0.25) is 4.79 Å². The number of carbonyl (C=O) groups excluding carboxylic acids is 1. The fourth-order valence-corrected chi connectivity index (χ4v) is 3.01. The van der Waals surface area contributed by atoms with Gasteiger partial charge in [0.15, 0.2) is 0 Å². The minimum atomic E-state index is -0.378. The molecule has 2 aromatic rings. The predicted octanol–water partition coefficient (Wildman–Crippen LogP) is 3.49. The molecule has 0 bridgehead atoms. The van der Waals surface area contributed by atoms with Crippen molar-refractivity contribution in [3.05, 3.63) is 54.0 Å². The minimum Gasteiger partial charge on any atom is -0.338 e. The zero-order chi connectivity index (χ0) is 16.9. The van der Waals surface area contributed by atoms with Gasteiger partial charge in [-0.25, -0.2) is 9.37 Å². The summed E-state index contributed by atoms with van der Waals surface area (Å²) in [6.07, 6.45) is 2.58. The first-order valence-corrected chi connectivity index (χ1v) is 8.09. The summed E-state index contributed by atoms with van der Waals surface area (Å²) in [5, 5.41) is 6.09. The van der Waals surface area contributed by atoms with Crippen molar-refractivity contribution in [3.8, 4) is 0 Å². The van der Waals surface area contributed by atoms with Gasteiger partial charge in [0.05, 0.1) is 11.3 Å². The second kappa shape index (κ2) is 10.3. The third-order valence-electron chi connectivity index (χ3n) is 4.23. The number of pyridine rings is 1. The van der Waals surface area contributed by atoms with E-state index in [1.807, 2.05) is 11.9 Å². The normalized spacial score (nSPS) is 15.8. The molecule has 2 N–H and O–H groups in total. The van der Waals surface area contributed by atoms with Crippen molar-refractivity contribution in [1.82, 2.24) is 15.2 Å². The van der Waals surface area contributed by atoms with Crippen LogP contribution in [0.2, 0.25) is 0 Å². The number of rotatable bonds is 5. The van der Waals surface area contributed by atoms with E-state index in [2.05, 4.69) is 15.6 Å². The quantitative estimate of drug-likeness (QED) is 0.806. The van der Waals surface area contributed by atoms with Crippen LogP contribution in [0.4, 0.5) is 15.9 Å². The Morgan fingerprint density at radius 3 is 2.77 bits per heavy atom. The molecule has 3 rings (SSSR count). The van der Waals surface area contributed by atoms with Crippen molar-refractivity contribution in [2.75, 3.05) is 32.0 Å². The molecule has 1 atom stereocenters. The van der Waals surface area contributed by atoms with Gasteiger partial charge in [0.1, 0.15) is 11.6 Å². The van der Waals surface area contributed by atoms with Gasteiger partial charge in [0.25, 0.3) is 5.91 Å². The third kappa shape index (κ3) is 5.06. The number of benzene rings is 1. The number of hydrogen-bond acceptors (Lipinski definition) is 4. The second-order valence-electron chi connectivity index (χ2n) is 5.97. The highest BCUT2D eigenvalue weighted by molar-refractivity contribution is 5.99. The van der Waals surface area contributed by atoms with Gasteiger partial charge in [0, 0.05) is 19.3 Å². The Morgan fingerprint density at radius 2 is 2.04 bits per heavy atom. The molecule has 1 aliphatic heterocycles. The van der Waals surface area contributed by atoms with Crippen LogP contribution in [0.1, 0.15) is 16.8 Å². The summed E-state index contributed by atoms with van der Waals surface area (Å²) in [5.74, 6) is 0.403. The molecular weight excluding hydrogens is 378 g/mol. The number of nitrogens with zero attached hydrogens (tertiary/aromatic N) is 2. The lowest BCUT2D eigenvalue weighted by Crippen LogP contribution is -2.31. The molecule has 1 amide bonds. The van der Waals surface area contributed by atoms with Crippen molar-refractivity contribution in [2.24, 2.45) is 5.92 Å². The highest BCUT2D eigenvalue weighted by atomic mass is 35.5. The van der Waals surface area contributed by atoms with Crippen molar-refractivity contribution < 1.29 is 9.18 Å². The van der Waals surface area contributed by atoms with Gasteiger partial charge in [-0.1, -0.05) is 12.1 Å². The predicted molar refractivity (Wildman–Crippen MR) is 106 cm³/mol. The van der Waals surface area contributed by atoms with E-state index < -0.39 is 0 Å². The lowest BCUT2D eigenvalue weighted by atomic mass is 10.1. The van der Waals surface area contributed by atoms with Gasteiger partial charge in [-0.2, -0.15) is 0 Å². The Balaban J connectivity index is 0.00000169. The van der Waals surface area contributed by atoms with Gasteiger partial charge in [0.2, 0.25) is 0 Å². The first-order valence-electron chi connectivity index (χ1n) is 8.09. The van der Waals surface area contributed by atoms with Crippen LogP contribution in [0.25, 0.3) is 0 Å². The van der Waals surface area contributed by atoms with Crippen LogP contribution in [0, 0.1) is 11.7 Å². The van der Waals surface area contributed by atoms with Crippen LogP contribution in [0.3, 0.4) is 0 Å². The molecule has 1 saturated heterocycles. The average molecular weight is 401 g/mol. The monoisotopic (exact) mass is 400 g/mol. The molecule has 0 spiro atoms. The standard InChI is InChI=1S/C18H21FN4O.2ClH/c1-20-11-13-8-10-23(12-13)18(24)14-5-4-9-21-17(14)22-16-7-3-2-6-15(16)19;;/h2-7,9,13,20H,8,10-12H2,1H3,(H,21,22);2*1H. The maximum atomic E-state index is 13.9. The number of hydrogen-bond donors (Lipinski definition) is 2. The summed E-state index contributed by atoms with van der Waals surface area (Å²) in [7, 11) is 1.92. The Morgan fingerprint density at radius 1 is 1.27 bits per heavy atom. The lowest BCUT2D eigenvalue weighted by Gasteiger charge is -2.18. The molecule has 0 saturated carbocycles. The number of para-hydroxylation sites is 1. The zero-order valence-electron chi connectivity index (χ0n) is 14.4. The van der Waals surface area contributed by atoms with Crippen LogP contribution in [-0.4, -0.2) is 42.5 Å². The van der Waals surface area contributed by atoms with Crippen LogP contribution in [0.15, 0.2) is 42.6 Å². The highest BCUT2D eigenvalue weighted by Crippen LogP contribution is 2.24. The maximum Gasteiger partial charge on any atom is 0.257 e. The molecule has 8 heteroatoms. The fourth-order valence-electron chi connectivity index (χ4n) is 3.01. The van der Waals surface area contributed by atoms with E-state index in [1.54, 1.807) is 36.5 Å². The van der Waals surface area contributed by atoms with Crippen molar-refractivity contribution >= 4 is 42.2 Å². The molecule has 1 unspecified atom stereocenters. The van der Waals surface area contributed by atoms with Crippen molar-refractivity contribution in [2.45, 2.75) is 6.42 Å². The van der Waals surface area contributed by atoms with Crippen LogP contribution in [-0.2, 0) is 0 Å². The van der Waals surface area contributed by atoms with E-state index >= 15 is 0 Å². The Kier molecular flexibility index (Phi) is 8.78. The zero-order valence-corrected chi connectivity index (χ0v) is 16.1. The molecule has 142 valence electrons. The Labute approximate surface area is 165 Å². The number of amides is 1. The number of nitrogens with one attached hydrogen (secondary N) is 2. The minimum absolute atomic E-state index is 0. The second-order valence-corrected chi connectivity index (χ2v) is 5.97. The molecule has 1 aromatic carbocycles. The van der Waals surface area contributed by atoms with E-state index in [9.17, 15) is 9.18 Å². The number of aromatic nitrogens is 1. The Bertz CT molecular complexity index is 732. The summed E-state index contributed by atoms with van der Waals surface area (Å²) in [6.45, 7) is 2.37. The number of halogens is 3. The molecule has 0 aliphatic carbocycles. The molecule has 1 aliphatic rings. The third-order valence-corrected chi connectivity index (χ3v) is 4.23. The van der Waals surface area contributed by atoms with Gasteiger partial charge in [-0.05, 0) is 50.2 Å². The van der Waals surface area contributed by atoms with Gasteiger partial charge in [-0.15, -0.1) is 24.8 Å². The molecule has 5 nitrogen and oxygen atoms in total. The molecule has 1 aromatic heterocycles. The maximum absolute atomic E-state index is 13.9. The SMILES string of the molecule is CNCC1CCN(C(=O)c2cccnc2Nc2ccccc2F)C1.Cl.Cl. The van der Waals surface area contributed by atoms with Gasteiger partial charge < -0.3 is 15.5 Å². The van der Waals surface area contributed by atoms with E-state index in [-0.39, 0.29) is 36.5 Å². The summed E-state index contributed by atoms with van der Waals surface area (Å²) in [6, 6.07) is 9.80. The lowest BCUT2D eigenvalue weighted by molar-refractivity contribution is 0.0788. The topological polar surface area (TPSA) is 57.3 Å². The van der Waals surface area contributed by atoms with Crippen LogP contribution in [0.5, 0.6) is 0 Å². The largest absolute Gasteiger partial charge is 0.338 e.